The van der Waals surface area contributed by atoms with Gasteiger partial charge in [-0.25, -0.2) is 0 Å². The fourth-order valence-corrected chi connectivity index (χ4v) is 3.66. The summed E-state index contributed by atoms with van der Waals surface area (Å²) in [6, 6.07) is 1.07. The first kappa shape index (κ1) is 16.0. The molecule has 18 heavy (non-hydrogen) atoms. The van der Waals surface area contributed by atoms with E-state index in [1.807, 2.05) is 0 Å². The second kappa shape index (κ2) is 6.91. The van der Waals surface area contributed by atoms with Crippen LogP contribution in [0.1, 0.15) is 53.9 Å². The number of rotatable bonds is 5. The van der Waals surface area contributed by atoms with Crippen molar-refractivity contribution in [1.29, 1.82) is 0 Å². The van der Waals surface area contributed by atoms with E-state index < -0.39 is 0 Å². The zero-order chi connectivity index (χ0) is 13.9. The molecule has 0 aromatic rings. The lowest BCUT2D eigenvalue weighted by Gasteiger charge is -2.41. The fourth-order valence-electron chi connectivity index (χ4n) is 3.66. The van der Waals surface area contributed by atoms with Gasteiger partial charge >= 0.3 is 0 Å². The summed E-state index contributed by atoms with van der Waals surface area (Å²) >= 11 is 0. The van der Waals surface area contributed by atoms with Crippen LogP contribution in [0, 0.1) is 23.7 Å². The highest BCUT2D eigenvalue weighted by Crippen LogP contribution is 2.33. The van der Waals surface area contributed by atoms with Gasteiger partial charge in [-0.1, -0.05) is 27.7 Å². The molecule has 0 radical (unpaired) electrons. The van der Waals surface area contributed by atoms with Crippen LogP contribution in [0.4, 0.5) is 0 Å². The molecule has 0 spiro atoms. The van der Waals surface area contributed by atoms with Gasteiger partial charge in [0.25, 0.3) is 0 Å². The first-order chi connectivity index (χ1) is 8.31. The molecule has 108 valence electrons. The molecule has 0 aliphatic heterocycles. The molecule has 1 aliphatic rings. The van der Waals surface area contributed by atoms with Crippen LogP contribution in [-0.2, 0) is 0 Å². The summed E-state index contributed by atoms with van der Waals surface area (Å²) in [7, 11) is 2.27. The predicted molar refractivity (Wildman–Crippen MR) is 80.6 cm³/mol. The van der Waals surface area contributed by atoms with Crippen molar-refractivity contribution in [3.8, 4) is 0 Å². The molecule has 0 amide bonds. The van der Waals surface area contributed by atoms with Crippen molar-refractivity contribution in [1.82, 2.24) is 4.90 Å². The van der Waals surface area contributed by atoms with E-state index in [-0.39, 0.29) is 0 Å². The Balaban J connectivity index is 2.49. The summed E-state index contributed by atoms with van der Waals surface area (Å²) in [4.78, 5) is 2.52. The van der Waals surface area contributed by atoms with E-state index in [2.05, 4.69) is 46.6 Å². The summed E-state index contributed by atoms with van der Waals surface area (Å²) in [5.41, 5.74) is 6.38. The van der Waals surface area contributed by atoms with Crippen LogP contribution < -0.4 is 5.73 Å². The van der Waals surface area contributed by atoms with Crippen LogP contribution in [0.15, 0.2) is 0 Å². The third-order valence-electron chi connectivity index (χ3n) is 4.79. The summed E-state index contributed by atoms with van der Waals surface area (Å²) < 4.78 is 0. The molecule has 2 N–H and O–H groups in total. The van der Waals surface area contributed by atoms with Gasteiger partial charge in [0, 0.05) is 18.6 Å². The first-order valence-corrected chi connectivity index (χ1v) is 7.77. The molecule has 5 unspecified atom stereocenters. The monoisotopic (exact) mass is 254 g/mol. The normalized spacial score (nSPS) is 35.2. The third-order valence-corrected chi connectivity index (χ3v) is 4.79. The highest BCUT2D eigenvalue weighted by Gasteiger charge is 2.32. The quantitative estimate of drug-likeness (QED) is 0.815. The largest absolute Gasteiger partial charge is 0.327 e. The van der Waals surface area contributed by atoms with Crippen molar-refractivity contribution in [2.75, 3.05) is 13.6 Å². The minimum absolute atomic E-state index is 0.400. The van der Waals surface area contributed by atoms with E-state index in [0.29, 0.717) is 18.0 Å². The maximum atomic E-state index is 6.38. The Bertz CT molecular complexity index is 227. The van der Waals surface area contributed by atoms with Crippen molar-refractivity contribution in [2.24, 2.45) is 29.4 Å². The molecule has 1 saturated carbocycles. The predicted octanol–water partition coefficient (Wildman–Crippen LogP) is 3.36. The van der Waals surface area contributed by atoms with Crippen LogP contribution in [0.5, 0.6) is 0 Å². The van der Waals surface area contributed by atoms with Gasteiger partial charge in [0.15, 0.2) is 0 Å². The SMILES string of the molecule is CC(C)CC(C)N(C)CC1C(C)CC(C)CC1N. The van der Waals surface area contributed by atoms with Gasteiger partial charge in [0.2, 0.25) is 0 Å². The second-order valence-corrected chi connectivity index (χ2v) is 7.30. The molecule has 1 aliphatic carbocycles. The van der Waals surface area contributed by atoms with Crippen molar-refractivity contribution in [2.45, 2.75) is 66.0 Å². The Labute approximate surface area is 114 Å². The number of hydrogen-bond donors (Lipinski definition) is 1. The number of nitrogens with zero attached hydrogens (tertiary/aromatic N) is 1. The van der Waals surface area contributed by atoms with Gasteiger partial charge in [0.1, 0.15) is 0 Å². The van der Waals surface area contributed by atoms with Crippen LogP contribution in [0.2, 0.25) is 0 Å². The van der Waals surface area contributed by atoms with Gasteiger partial charge in [-0.05, 0) is 56.9 Å². The molecular formula is C16H34N2. The Kier molecular flexibility index (Phi) is 6.13. The lowest BCUT2D eigenvalue weighted by Crippen LogP contribution is -2.47. The van der Waals surface area contributed by atoms with Gasteiger partial charge in [0.05, 0.1) is 0 Å². The zero-order valence-corrected chi connectivity index (χ0v) is 13.3. The Hall–Kier alpha value is -0.0800. The second-order valence-electron chi connectivity index (χ2n) is 7.30. The molecule has 0 heterocycles. The van der Waals surface area contributed by atoms with Crippen molar-refractivity contribution in [3.63, 3.8) is 0 Å². The molecule has 2 nitrogen and oxygen atoms in total. The first-order valence-electron chi connectivity index (χ1n) is 7.77. The Morgan fingerprint density at radius 2 is 1.78 bits per heavy atom. The molecule has 1 fully saturated rings. The van der Waals surface area contributed by atoms with Crippen LogP contribution in [0.3, 0.4) is 0 Å². The van der Waals surface area contributed by atoms with E-state index in [1.165, 1.54) is 25.8 Å². The van der Waals surface area contributed by atoms with Crippen molar-refractivity contribution in [3.05, 3.63) is 0 Å². The molecule has 0 bridgehead atoms. The molecule has 0 aromatic carbocycles. The maximum Gasteiger partial charge on any atom is 0.00844 e. The minimum Gasteiger partial charge on any atom is -0.327 e. The third kappa shape index (κ3) is 4.55. The Morgan fingerprint density at radius 3 is 2.28 bits per heavy atom. The summed E-state index contributed by atoms with van der Waals surface area (Å²) in [5.74, 6) is 3.04. The number of nitrogens with two attached hydrogens (primary N) is 1. The van der Waals surface area contributed by atoms with Gasteiger partial charge in [-0.2, -0.15) is 0 Å². The van der Waals surface area contributed by atoms with Gasteiger partial charge in [-0.3, -0.25) is 0 Å². The molecule has 1 rings (SSSR count). The van der Waals surface area contributed by atoms with E-state index >= 15 is 0 Å². The lowest BCUT2D eigenvalue weighted by molar-refractivity contribution is 0.107. The average Bonchev–Trinajstić information content (AvgIpc) is 2.21. The van der Waals surface area contributed by atoms with Gasteiger partial charge < -0.3 is 10.6 Å². The highest BCUT2D eigenvalue weighted by molar-refractivity contribution is 4.87. The zero-order valence-electron chi connectivity index (χ0n) is 13.3. The summed E-state index contributed by atoms with van der Waals surface area (Å²) in [5, 5.41) is 0. The summed E-state index contributed by atoms with van der Waals surface area (Å²) in [6.07, 6.45) is 3.84. The van der Waals surface area contributed by atoms with Crippen LogP contribution in [0.25, 0.3) is 0 Å². The average molecular weight is 254 g/mol. The Morgan fingerprint density at radius 1 is 1.17 bits per heavy atom. The molecular weight excluding hydrogens is 220 g/mol. The molecule has 0 saturated heterocycles. The minimum atomic E-state index is 0.400. The fraction of sp³-hybridized carbons (Fsp3) is 1.00. The van der Waals surface area contributed by atoms with E-state index in [4.69, 9.17) is 5.73 Å². The van der Waals surface area contributed by atoms with Crippen molar-refractivity contribution < 1.29 is 0 Å². The standard InChI is InChI=1S/C16H34N2/c1-11(2)7-14(5)18(6)10-15-13(4)8-12(3)9-16(15)17/h11-16H,7-10,17H2,1-6H3. The maximum absolute atomic E-state index is 6.38. The van der Waals surface area contributed by atoms with Crippen LogP contribution in [-0.4, -0.2) is 30.6 Å². The molecule has 0 aromatic heterocycles. The van der Waals surface area contributed by atoms with Crippen LogP contribution >= 0.6 is 0 Å². The topological polar surface area (TPSA) is 29.3 Å². The van der Waals surface area contributed by atoms with Crippen molar-refractivity contribution >= 4 is 0 Å². The smallest absolute Gasteiger partial charge is 0.00844 e. The van der Waals surface area contributed by atoms with E-state index in [9.17, 15) is 0 Å². The summed E-state index contributed by atoms with van der Waals surface area (Å²) in [6.45, 7) is 12.9. The van der Waals surface area contributed by atoms with E-state index in [1.54, 1.807) is 0 Å². The van der Waals surface area contributed by atoms with Gasteiger partial charge in [-0.15, -0.1) is 0 Å². The number of hydrogen-bond acceptors (Lipinski definition) is 2. The van der Waals surface area contributed by atoms with E-state index in [0.717, 1.165) is 17.8 Å². The molecule has 2 heteroatoms. The lowest BCUT2D eigenvalue weighted by atomic mass is 9.72. The molecule has 5 atom stereocenters. The highest BCUT2D eigenvalue weighted by atomic mass is 15.1.